The van der Waals surface area contributed by atoms with Crippen LogP contribution in [-0.4, -0.2) is 37.8 Å². The quantitative estimate of drug-likeness (QED) is 0.724. The van der Waals surface area contributed by atoms with E-state index in [0.717, 1.165) is 25.4 Å². The van der Waals surface area contributed by atoms with Crippen LogP contribution >= 0.6 is 0 Å². The fourth-order valence-corrected chi connectivity index (χ4v) is 2.17. The van der Waals surface area contributed by atoms with Gasteiger partial charge in [-0.2, -0.15) is 20.1 Å². The zero-order valence-electron chi connectivity index (χ0n) is 12.3. The molecule has 7 nitrogen and oxygen atoms in total. The highest BCUT2D eigenvalue weighted by Crippen LogP contribution is 2.33. The van der Waals surface area contributed by atoms with E-state index in [1.54, 1.807) is 10.9 Å². The fourth-order valence-electron chi connectivity index (χ4n) is 2.17. The minimum atomic E-state index is 0.524. The van der Waals surface area contributed by atoms with Gasteiger partial charge < -0.3 is 10.6 Å². The Morgan fingerprint density at radius 3 is 2.67 bits per heavy atom. The van der Waals surface area contributed by atoms with Crippen LogP contribution in [-0.2, 0) is 0 Å². The first-order valence-corrected chi connectivity index (χ1v) is 7.59. The lowest BCUT2D eigenvalue weighted by molar-refractivity contribution is 0.684. The summed E-state index contributed by atoms with van der Waals surface area (Å²) in [7, 11) is 0. The predicted molar refractivity (Wildman–Crippen MR) is 81.6 cm³/mol. The number of hydrogen-bond acceptors (Lipinski definition) is 6. The number of nitrogens with zero attached hydrogens (tertiary/aromatic N) is 5. The Hall–Kier alpha value is -2.18. The van der Waals surface area contributed by atoms with E-state index < -0.39 is 0 Å². The van der Waals surface area contributed by atoms with E-state index >= 15 is 0 Å². The molecule has 3 rings (SSSR count). The number of aromatic nitrogens is 5. The standard InChI is InChI=1S/C14H21N7/c1-2-15-12-18-13(16-8-3-5-11-6-7-11)20-14(19-12)21-10-4-9-17-21/h4,9-11H,2-3,5-8H2,1H3,(H2,15,16,18,19,20). The second kappa shape index (κ2) is 6.51. The summed E-state index contributed by atoms with van der Waals surface area (Å²) in [6.07, 6.45) is 8.79. The molecule has 0 bridgehead atoms. The third-order valence-electron chi connectivity index (χ3n) is 3.44. The molecule has 1 fully saturated rings. The SMILES string of the molecule is CCNc1nc(NCCCC2CC2)nc(-n2cccn2)n1. The van der Waals surface area contributed by atoms with Gasteiger partial charge in [0.2, 0.25) is 11.9 Å². The minimum Gasteiger partial charge on any atom is -0.354 e. The molecule has 0 amide bonds. The van der Waals surface area contributed by atoms with Crippen LogP contribution in [0.2, 0.25) is 0 Å². The molecule has 0 spiro atoms. The molecule has 2 N–H and O–H groups in total. The molecule has 1 aliphatic rings. The van der Waals surface area contributed by atoms with Crippen LogP contribution in [0.15, 0.2) is 18.5 Å². The third kappa shape index (κ3) is 3.90. The highest BCUT2D eigenvalue weighted by Gasteiger charge is 2.20. The van der Waals surface area contributed by atoms with Crippen molar-refractivity contribution in [1.29, 1.82) is 0 Å². The molecule has 0 radical (unpaired) electrons. The Labute approximate surface area is 124 Å². The smallest absolute Gasteiger partial charge is 0.257 e. The maximum absolute atomic E-state index is 4.42. The Balaban J connectivity index is 1.68. The molecular formula is C14H21N7. The first-order valence-electron chi connectivity index (χ1n) is 7.59. The highest BCUT2D eigenvalue weighted by atomic mass is 15.4. The zero-order valence-corrected chi connectivity index (χ0v) is 12.3. The van der Waals surface area contributed by atoms with Crippen molar-refractivity contribution in [3.05, 3.63) is 18.5 Å². The van der Waals surface area contributed by atoms with E-state index in [2.05, 4.69) is 30.7 Å². The van der Waals surface area contributed by atoms with Crippen molar-refractivity contribution in [2.75, 3.05) is 23.7 Å². The van der Waals surface area contributed by atoms with Gasteiger partial charge in [-0.25, -0.2) is 4.68 Å². The second-order valence-electron chi connectivity index (χ2n) is 5.28. The lowest BCUT2D eigenvalue weighted by Gasteiger charge is -2.09. The second-order valence-corrected chi connectivity index (χ2v) is 5.28. The number of nitrogens with one attached hydrogen (secondary N) is 2. The molecule has 7 heteroatoms. The Morgan fingerprint density at radius 2 is 2.00 bits per heavy atom. The minimum absolute atomic E-state index is 0.524. The molecule has 0 saturated heterocycles. The van der Waals surface area contributed by atoms with Crippen LogP contribution < -0.4 is 10.6 Å². The average Bonchev–Trinajstić information content (AvgIpc) is 3.14. The van der Waals surface area contributed by atoms with Crippen LogP contribution in [0.4, 0.5) is 11.9 Å². The van der Waals surface area contributed by atoms with Gasteiger partial charge in [0, 0.05) is 25.5 Å². The summed E-state index contributed by atoms with van der Waals surface area (Å²) >= 11 is 0. The third-order valence-corrected chi connectivity index (χ3v) is 3.44. The van der Waals surface area contributed by atoms with Crippen LogP contribution in [0, 0.1) is 5.92 Å². The molecular weight excluding hydrogens is 266 g/mol. The molecule has 2 aromatic rings. The maximum atomic E-state index is 4.42. The molecule has 0 atom stereocenters. The van der Waals surface area contributed by atoms with Crippen molar-refractivity contribution in [1.82, 2.24) is 24.7 Å². The Morgan fingerprint density at radius 1 is 1.19 bits per heavy atom. The highest BCUT2D eigenvalue weighted by molar-refractivity contribution is 5.37. The Kier molecular flexibility index (Phi) is 4.28. The summed E-state index contributed by atoms with van der Waals surface area (Å²) < 4.78 is 1.64. The van der Waals surface area contributed by atoms with Gasteiger partial charge in [-0.15, -0.1) is 0 Å². The predicted octanol–water partition coefficient (Wildman–Crippen LogP) is 2.09. The lowest BCUT2D eigenvalue weighted by Crippen LogP contribution is -2.13. The van der Waals surface area contributed by atoms with E-state index in [4.69, 9.17) is 0 Å². The summed E-state index contributed by atoms with van der Waals surface area (Å²) in [5, 5.41) is 10.6. The van der Waals surface area contributed by atoms with E-state index in [-0.39, 0.29) is 0 Å². The van der Waals surface area contributed by atoms with Gasteiger partial charge in [0.05, 0.1) is 0 Å². The van der Waals surface area contributed by atoms with Crippen LogP contribution in [0.3, 0.4) is 0 Å². The van der Waals surface area contributed by atoms with Crippen LogP contribution in [0.5, 0.6) is 0 Å². The largest absolute Gasteiger partial charge is 0.354 e. The average molecular weight is 287 g/mol. The van der Waals surface area contributed by atoms with Gasteiger partial charge in [-0.1, -0.05) is 12.8 Å². The molecule has 21 heavy (non-hydrogen) atoms. The van der Waals surface area contributed by atoms with Gasteiger partial charge in [-0.05, 0) is 31.7 Å². The Bertz CT molecular complexity index is 563. The normalized spacial score (nSPS) is 14.1. The van der Waals surface area contributed by atoms with Gasteiger partial charge in [0.25, 0.3) is 5.95 Å². The summed E-state index contributed by atoms with van der Waals surface area (Å²) in [5.41, 5.74) is 0. The molecule has 0 aliphatic heterocycles. The molecule has 2 aromatic heterocycles. The van der Waals surface area contributed by atoms with Gasteiger partial charge in [0.15, 0.2) is 0 Å². The van der Waals surface area contributed by atoms with Crippen molar-refractivity contribution < 1.29 is 0 Å². The molecule has 0 aromatic carbocycles. The summed E-state index contributed by atoms with van der Waals surface area (Å²) in [4.78, 5) is 13.2. The lowest BCUT2D eigenvalue weighted by atomic mass is 10.2. The van der Waals surface area contributed by atoms with Gasteiger partial charge >= 0.3 is 0 Å². The first-order chi connectivity index (χ1) is 10.3. The molecule has 0 unspecified atom stereocenters. The van der Waals surface area contributed by atoms with Crippen molar-refractivity contribution in [2.24, 2.45) is 5.92 Å². The fraction of sp³-hybridized carbons (Fsp3) is 0.571. The first kappa shape index (κ1) is 13.8. The monoisotopic (exact) mass is 287 g/mol. The van der Waals surface area contributed by atoms with Crippen LogP contribution in [0.25, 0.3) is 5.95 Å². The van der Waals surface area contributed by atoms with Gasteiger partial charge in [-0.3, -0.25) is 0 Å². The van der Waals surface area contributed by atoms with Crippen molar-refractivity contribution in [2.45, 2.75) is 32.6 Å². The van der Waals surface area contributed by atoms with Crippen molar-refractivity contribution >= 4 is 11.9 Å². The van der Waals surface area contributed by atoms with Gasteiger partial charge in [0.1, 0.15) is 0 Å². The zero-order chi connectivity index (χ0) is 14.5. The van der Waals surface area contributed by atoms with Crippen molar-refractivity contribution in [3.8, 4) is 5.95 Å². The number of anilines is 2. The van der Waals surface area contributed by atoms with E-state index in [1.807, 2.05) is 19.2 Å². The van der Waals surface area contributed by atoms with E-state index in [1.165, 1.54) is 19.3 Å². The topological polar surface area (TPSA) is 80.5 Å². The number of rotatable bonds is 8. The summed E-state index contributed by atoms with van der Waals surface area (Å²) in [6.45, 7) is 3.68. The van der Waals surface area contributed by atoms with Crippen molar-refractivity contribution in [3.63, 3.8) is 0 Å². The summed E-state index contributed by atoms with van der Waals surface area (Å²) in [6, 6.07) is 1.85. The van der Waals surface area contributed by atoms with Crippen LogP contribution in [0.1, 0.15) is 32.6 Å². The van der Waals surface area contributed by atoms with E-state index in [9.17, 15) is 0 Å². The maximum Gasteiger partial charge on any atom is 0.257 e. The number of hydrogen-bond donors (Lipinski definition) is 2. The molecule has 112 valence electrons. The molecule has 2 heterocycles. The molecule has 1 aliphatic carbocycles. The molecule has 1 saturated carbocycles. The summed E-state index contributed by atoms with van der Waals surface area (Å²) in [5.74, 6) is 2.66. The van der Waals surface area contributed by atoms with E-state index in [0.29, 0.717) is 17.8 Å².